The van der Waals surface area contributed by atoms with Gasteiger partial charge in [-0.2, -0.15) is 0 Å². The van der Waals surface area contributed by atoms with Crippen LogP contribution in [0.3, 0.4) is 0 Å². The van der Waals surface area contributed by atoms with E-state index in [1.54, 1.807) is 12.1 Å². The van der Waals surface area contributed by atoms with E-state index in [9.17, 15) is 9.59 Å². The topological polar surface area (TPSA) is 61.4 Å². The van der Waals surface area contributed by atoms with Gasteiger partial charge in [-0.1, -0.05) is 42.5 Å². The number of carbonyl (C=O) groups is 2. The number of nitrogens with one attached hydrogen (secondary N) is 2. The largest absolute Gasteiger partial charge is 0.346 e. The molecule has 3 aromatic rings. The molecule has 0 aliphatic carbocycles. The molecule has 1 aliphatic rings. The first-order valence-electron chi connectivity index (χ1n) is 11.2. The third kappa shape index (κ3) is 5.62. The quantitative estimate of drug-likeness (QED) is 0.556. The van der Waals surface area contributed by atoms with Crippen molar-refractivity contribution in [2.24, 2.45) is 0 Å². The molecule has 4 rings (SSSR count). The van der Waals surface area contributed by atoms with Crippen LogP contribution in [0.25, 0.3) is 0 Å². The fourth-order valence-electron chi connectivity index (χ4n) is 4.05. The Labute approximate surface area is 189 Å². The Bertz CT molecular complexity index is 1080. The van der Waals surface area contributed by atoms with E-state index >= 15 is 0 Å². The van der Waals surface area contributed by atoms with E-state index in [-0.39, 0.29) is 17.9 Å². The summed E-state index contributed by atoms with van der Waals surface area (Å²) in [4.78, 5) is 27.7. The molecule has 0 aromatic heterocycles. The van der Waals surface area contributed by atoms with Gasteiger partial charge in [0.05, 0.1) is 6.04 Å². The van der Waals surface area contributed by atoms with Crippen molar-refractivity contribution in [3.05, 3.63) is 101 Å². The maximum atomic E-state index is 12.9. The van der Waals surface area contributed by atoms with Gasteiger partial charge in [-0.25, -0.2) is 0 Å². The Morgan fingerprint density at radius 2 is 1.56 bits per heavy atom. The van der Waals surface area contributed by atoms with Gasteiger partial charge in [0.1, 0.15) is 0 Å². The number of carbonyl (C=O) groups excluding carboxylic acids is 2. The molecule has 1 fully saturated rings. The maximum absolute atomic E-state index is 12.9. The monoisotopic (exact) mass is 427 g/mol. The van der Waals surface area contributed by atoms with Crippen LogP contribution in [0, 0.1) is 0 Å². The SMILES string of the molecule is CC(NC(=O)c1cccc(CN2CCCC2)c1)c1cccc(NC(=O)c2ccccc2)c1. The standard InChI is InChI=1S/C27H29N3O2/c1-20(23-12-8-14-25(18-23)29-26(31)22-10-3-2-4-11-22)28-27(32)24-13-7-9-21(17-24)19-30-15-5-6-16-30/h2-4,7-14,17-18,20H,5-6,15-16,19H2,1H3,(H,28,32)(H,29,31). The van der Waals surface area contributed by atoms with Crippen LogP contribution < -0.4 is 10.6 Å². The first-order chi connectivity index (χ1) is 15.6. The van der Waals surface area contributed by atoms with Crippen LogP contribution in [0.1, 0.15) is 57.7 Å². The van der Waals surface area contributed by atoms with Crippen LogP contribution in [0.5, 0.6) is 0 Å². The highest BCUT2D eigenvalue weighted by molar-refractivity contribution is 6.04. The number of benzene rings is 3. The molecular formula is C27H29N3O2. The van der Waals surface area contributed by atoms with Crippen molar-refractivity contribution in [3.8, 4) is 0 Å². The molecule has 0 spiro atoms. The highest BCUT2D eigenvalue weighted by Crippen LogP contribution is 2.19. The second-order valence-corrected chi connectivity index (χ2v) is 8.32. The number of rotatable bonds is 7. The van der Waals surface area contributed by atoms with E-state index in [2.05, 4.69) is 21.6 Å². The van der Waals surface area contributed by atoms with Crippen molar-refractivity contribution < 1.29 is 9.59 Å². The van der Waals surface area contributed by atoms with Gasteiger partial charge in [-0.3, -0.25) is 14.5 Å². The predicted molar refractivity (Wildman–Crippen MR) is 128 cm³/mol. The van der Waals surface area contributed by atoms with Gasteiger partial charge in [0.15, 0.2) is 0 Å². The molecule has 1 saturated heterocycles. The van der Waals surface area contributed by atoms with Crippen LogP contribution >= 0.6 is 0 Å². The van der Waals surface area contributed by atoms with Gasteiger partial charge in [0, 0.05) is 23.4 Å². The molecule has 5 heteroatoms. The fourth-order valence-corrected chi connectivity index (χ4v) is 4.05. The first kappa shape index (κ1) is 21.8. The lowest BCUT2D eigenvalue weighted by atomic mass is 10.1. The second kappa shape index (κ2) is 10.2. The van der Waals surface area contributed by atoms with Crippen molar-refractivity contribution in [2.75, 3.05) is 18.4 Å². The third-order valence-corrected chi connectivity index (χ3v) is 5.82. The molecule has 2 N–H and O–H groups in total. The first-order valence-corrected chi connectivity index (χ1v) is 11.2. The summed E-state index contributed by atoms with van der Waals surface area (Å²) < 4.78 is 0. The summed E-state index contributed by atoms with van der Waals surface area (Å²) in [5, 5.41) is 6.00. The number of likely N-dealkylation sites (tertiary alicyclic amines) is 1. The van der Waals surface area contributed by atoms with E-state index in [0.29, 0.717) is 16.8 Å². The van der Waals surface area contributed by atoms with Gasteiger partial charge in [-0.05, 0) is 80.4 Å². The average Bonchev–Trinajstić information content (AvgIpc) is 3.33. The number of anilines is 1. The number of hydrogen-bond donors (Lipinski definition) is 2. The van der Waals surface area contributed by atoms with Crippen molar-refractivity contribution >= 4 is 17.5 Å². The Balaban J connectivity index is 1.39. The van der Waals surface area contributed by atoms with Crippen LogP contribution in [0.4, 0.5) is 5.69 Å². The third-order valence-electron chi connectivity index (χ3n) is 5.82. The minimum Gasteiger partial charge on any atom is -0.346 e. The predicted octanol–water partition coefficient (Wildman–Crippen LogP) is 5.03. The minimum atomic E-state index is -0.196. The molecule has 1 unspecified atom stereocenters. The lowest BCUT2D eigenvalue weighted by molar-refractivity contribution is 0.0938. The van der Waals surface area contributed by atoms with Crippen LogP contribution in [0.2, 0.25) is 0 Å². The summed E-state index contributed by atoms with van der Waals surface area (Å²) in [6.07, 6.45) is 2.51. The van der Waals surface area contributed by atoms with Crippen LogP contribution in [-0.2, 0) is 6.54 Å². The van der Waals surface area contributed by atoms with E-state index in [1.807, 2.05) is 67.6 Å². The Morgan fingerprint density at radius 3 is 2.34 bits per heavy atom. The zero-order chi connectivity index (χ0) is 22.3. The molecule has 32 heavy (non-hydrogen) atoms. The van der Waals surface area contributed by atoms with Crippen molar-refractivity contribution in [1.82, 2.24) is 10.2 Å². The van der Waals surface area contributed by atoms with Crippen molar-refractivity contribution in [2.45, 2.75) is 32.4 Å². The Hall–Kier alpha value is -3.44. The summed E-state index contributed by atoms with van der Waals surface area (Å²) >= 11 is 0. The van der Waals surface area contributed by atoms with E-state index in [0.717, 1.165) is 30.8 Å². The number of amides is 2. The van der Waals surface area contributed by atoms with Gasteiger partial charge in [-0.15, -0.1) is 0 Å². The fraction of sp³-hybridized carbons (Fsp3) is 0.259. The maximum Gasteiger partial charge on any atom is 0.255 e. The molecule has 0 bridgehead atoms. The summed E-state index contributed by atoms with van der Waals surface area (Å²) in [5.41, 5.74) is 4.07. The smallest absolute Gasteiger partial charge is 0.255 e. The van der Waals surface area contributed by atoms with Crippen molar-refractivity contribution in [3.63, 3.8) is 0 Å². The summed E-state index contributed by atoms with van der Waals surface area (Å²) in [7, 11) is 0. The lowest BCUT2D eigenvalue weighted by Gasteiger charge is -2.17. The highest BCUT2D eigenvalue weighted by atomic mass is 16.2. The molecule has 2 amide bonds. The van der Waals surface area contributed by atoms with Crippen LogP contribution in [0.15, 0.2) is 78.9 Å². The Morgan fingerprint density at radius 1 is 0.844 bits per heavy atom. The molecule has 1 atom stereocenters. The number of hydrogen-bond acceptors (Lipinski definition) is 3. The molecule has 164 valence electrons. The molecular weight excluding hydrogens is 398 g/mol. The molecule has 1 heterocycles. The average molecular weight is 428 g/mol. The van der Waals surface area contributed by atoms with E-state index < -0.39 is 0 Å². The summed E-state index contributed by atoms with van der Waals surface area (Å²) in [5.74, 6) is -0.256. The summed E-state index contributed by atoms with van der Waals surface area (Å²) in [6.45, 7) is 5.10. The normalized spacial score (nSPS) is 14.7. The molecule has 0 saturated carbocycles. The molecule has 5 nitrogen and oxygen atoms in total. The summed E-state index contributed by atoms with van der Waals surface area (Å²) in [6, 6.07) is 24.4. The zero-order valence-electron chi connectivity index (χ0n) is 18.4. The van der Waals surface area contributed by atoms with Gasteiger partial charge in [0.2, 0.25) is 0 Å². The second-order valence-electron chi connectivity index (χ2n) is 8.32. The van der Waals surface area contributed by atoms with Gasteiger partial charge < -0.3 is 10.6 Å². The number of nitrogens with zero attached hydrogens (tertiary/aromatic N) is 1. The van der Waals surface area contributed by atoms with E-state index in [4.69, 9.17) is 0 Å². The minimum absolute atomic E-state index is 0.0977. The van der Waals surface area contributed by atoms with Crippen LogP contribution in [-0.4, -0.2) is 29.8 Å². The molecule has 3 aromatic carbocycles. The van der Waals surface area contributed by atoms with Gasteiger partial charge in [0.25, 0.3) is 11.8 Å². The lowest BCUT2D eigenvalue weighted by Crippen LogP contribution is -2.27. The zero-order valence-corrected chi connectivity index (χ0v) is 18.4. The Kier molecular flexibility index (Phi) is 6.97. The highest BCUT2D eigenvalue weighted by Gasteiger charge is 2.15. The van der Waals surface area contributed by atoms with Gasteiger partial charge >= 0.3 is 0 Å². The molecule has 1 aliphatic heterocycles. The van der Waals surface area contributed by atoms with E-state index in [1.165, 1.54) is 12.8 Å². The molecule has 0 radical (unpaired) electrons. The van der Waals surface area contributed by atoms with Crippen molar-refractivity contribution in [1.29, 1.82) is 0 Å².